The summed E-state index contributed by atoms with van der Waals surface area (Å²) in [5, 5.41) is 9.63. The first kappa shape index (κ1) is 20.6. The summed E-state index contributed by atoms with van der Waals surface area (Å²) in [6.45, 7) is 3.23. The van der Waals surface area contributed by atoms with Gasteiger partial charge in [0, 0.05) is 30.3 Å². The SMILES string of the molecule is Cc1ccc(F)cn1.O=CN1CCC(c2ccc(-c3ccccc3)nc2CO)C1. The number of nitrogens with zero attached hydrogens (tertiary/aromatic N) is 3. The van der Waals surface area contributed by atoms with E-state index in [4.69, 9.17) is 0 Å². The number of pyridine rings is 2. The van der Waals surface area contributed by atoms with E-state index in [0.717, 1.165) is 41.9 Å². The molecule has 0 aliphatic carbocycles. The Morgan fingerprint density at radius 2 is 1.97 bits per heavy atom. The fourth-order valence-corrected chi connectivity index (χ4v) is 3.37. The molecule has 6 heteroatoms. The van der Waals surface area contributed by atoms with Gasteiger partial charge in [0.1, 0.15) is 5.82 Å². The number of carbonyl (C=O) groups excluding carboxylic acids is 1. The number of benzene rings is 1. The van der Waals surface area contributed by atoms with Crippen molar-refractivity contribution in [2.45, 2.75) is 25.9 Å². The van der Waals surface area contributed by atoms with Crippen LogP contribution in [0.25, 0.3) is 11.3 Å². The zero-order valence-electron chi connectivity index (χ0n) is 16.3. The van der Waals surface area contributed by atoms with Gasteiger partial charge >= 0.3 is 0 Å². The number of hydrogen-bond acceptors (Lipinski definition) is 4. The standard InChI is InChI=1S/C17H18N2O2.C6H6FN/c20-11-17-15(14-8-9-19(10-14)12-21)6-7-16(18-17)13-4-2-1-3-5-13;1-5-2-3-6(7)4-8-5/h1-7,12,14,20H,8-11H2;2-4H,1H3. The zero-order valence-corrected chi connectivity index (χ0v) is 16.3. The third kappa shape index (κ3) is 5.45. The van der Waals surface area contributed by atoms with Gasteiger partial charge in [-0.25, -0.2) is 4.39 Å². The molecule has 29 heavy (non-hydrogen) atoms. The Morgan fingerprint density at radius 3 is 2.55 bits per heavy atom. The fourth-order valence-electron chi connectivity index (χ4n) is 3.37. The Balaban J connectivity index is 0.000000252. The minimum Gasteiger partial charge on any atom is -0.390 e. The van der Waals surface area contributed by atoms with Crippen LogP contribution in [0.5, 0.6) is 0 Å². The summed E-state index contributed by atoms with van der Waals surface area (Å²) in [5.74, 6) is -0.00901. The van der Waals surface area contributed by atoms with E-state index in [1.807, 2.05) is 49.4 Å². The summed E-state index contributed by atoms with van der Waals surface area (Å²) in [4.78, 5) is 20.9. The molecule has 1 amide bonds. The number of hydrogen-bond donors (Lipinski definition) is 1. The Hall–Kier alpha value is -3.12. The molecule has 1 atom stereocenters. The number of aryl methyl sites for hydroxylation is 1. The molecule has 2 aromatic heterocycles. The normalized spacial score (nSPS) is 15.6. The molecule has 0 saturated carbocycles. The minimum atomic E-state index is -0.282. The number of aliphatic hydroxyl groups is 1. The van der Waals surface area contributed by atoms with Crippen LogP contribution in [0.3, 0.4) is 0 Å². The van der Waals surface area contributed by atoms with Crippen molar-refractivity contribution in [2.24, 2.45) is 0 Å². The van der Waals surface area contributed by atoms with Crippen LogP contribution < -0.4 is 0 Å². The number of rotatable bonds is 4. The summed E-state index contributed by atoms with van der Waals surface area (Å²) in [7, 11) is 0. The van der Waals surface area contributed by atoms with Gasteiger partial charge in [0.25, 0.3) is 0 Å². The highest BCUT2D eigenvalue weighted by molar-refractivity contribution is 5.59. The van der Waals surface area contributed by atoms with Crippen LogP contribution in [0.4, 0.5) is 4.39 Å². The monoisotopic (exact) mass is 393 g/mol. The van der Waals surface area contributed by atoms with E-state index >= 15 is 0 Å². The maximum Gasteiger partial charge on any atom is 0.209 e. The minimum absolute atomic E-state index is 0.0758. The van der Waals surface area contributed by atoms with Gasteiger partial charge in [-0.15, -0.1) is 0 Å². The van der Waals surface area contributed by atoms with E-state index in [1.54, 1.807) is 11.0 Å². The van der Waals surface area contributed by atoms with Crippen molar-refractivity contribution < 1.29 is 14.3 Å². The van der Waals surface area contributed by atoms with Crippen molar-refractivity contribution in [1.29, 1.82) is 0 Å². The lowest BCUT2D eigenvalue weighted by Crippen LogP contribution is -2.18. The van der Waals surface area contributed by atoms with Gasteiger partial charge < -0.3 is 10.0 Å². The van der Waals surface area contributed by atoms with Crippen LogP contribution in [0.2, 0.25) is 0 Å². The third-order valence-electron chi connectivity index (χ3n) is 4.91. The third-order valence-corrected chi connectivity index (χ3v) is 4.91. The molecule has 3 heterocycles. The fraction of sp³-hybridized carbons (Fsp3) is 0.261. The lowest BCUT2D eigenvalue weighted by Gasteiger charge is -2.15. The van der Waals surface area contributed by atoms with Crippen molar-refractivity contribution in [1.82, 2.24) is 14.9 Å². The lowest BCUT2D eigenvalue weighted by molar-refractivity contribution is -0.117. The summed E-state index contributed by atoms with van der Waals surface area (Å²) in [6.07, 6.45) is 3.03. The molecule has 1 aromatic carbocycles. The van der Waals surface area contributed by atoms with Crippen molar-refractivity contribution in [3.8, 4) is 11.3 Å². The van der Waals surface area contributed by atoms with Crippen molar-refractivity contribution >= 4 is 6.41 Å². The van der Waals surface area contributed by atoms with Crippen LogP contribution in [0.1, 0.15) is 29.3 Å². The van der Waals surface area contributed by atoms with E-state index in [1.165, 1.54) is 12.3 Å². The van der Waals surface area contributed by atoms with Crippen molar-refractivity contribution in [2.75, 3.05) is 13.1 Å². The van der Waals surface area contributed by atoms with E-state index in [0.29, 0.717) is 12.2 Å². The van der Waals surface area contributed by atoms with E-state index in [2.05, 4.69) is 9.97 Å². The van der Waals surface area contributed by atoms with Crippen LogP contribution in [0.15, 0.2) is 60.8 Å². The van der Waals surface area contributed by atoms with Gasteiger partial charge in [-0.1, -0.05) is 36.4 Å². The molecule has 1 saturated heterocycles. The molecule has 0 radical (unpaired) electrons. The van der Waals surface area contributed by atoms with Crippen LogP contribution in [-0.2, 0) is 11.4 Å². The second-order valence-electron chi connectivity index (χ2n) is 6.96. The molecular formula is C23H24FN3O2. The number of halogens is 1. The molecule has 1 N–H and O–H groups in total. The Morgan fingerprint density at radius 1 is 1.17 bits per heavy atom. The molecule has 0 spiro atoms. The maximum absolute atomic E-state index is 12.0. The summed E-state index contributed by atoms with van der Waals surface area (Å²) >= 11 is 0. The molecule has 0 bridgehead atoms. The highest BCUT2D eigenvalue weighted by Gasteiger charge is 2.25. The first-order chi connectivity index (χ1) is 14.1. The average molecular weight is 393 g/mol. The molecular weight excluding hydrogens is 369 g/mol. The van der Waals surface area contributed by atoms with Crippen molar-refractivity contribution in [3.05, 3.63) is 83.6 Å². The van der Waals surface area contributed by atoms with Gasteiger partial charge in [-0.2, -0.15) is 0 Å². The highest BCUT2D eigenvalue weighted by atomic mass is 19.1. The van der Waals surface area contributed by atoms with Crippen LogP contribution in [-0.4, -0.2) is 39.5 Å². The van der Waals surface area contributed by atoms with E-state index in [9.17, 15) is 14.3 Å². The number of aromatic nitrogens is 2. The summed E-state index contributed by atoms with van der Waals surface area (Å²) in [6, 6.07) is 17.0. The van der Waals surface area contributed by atoms with E-state index < -0.39 is 0 Å². The maximum atomic E-state index is 12.0. The smallest absolute Gasteiger partial charge is 0.209 e. The molecule has 4 rings (SSSR count). The average Bonchev–Trinajstić information content (AvgIpc) is 3.25. The van der Waals surface area contributed by atoms with Crippen LogP contribution in [0, 0.1) is 12.7 Å². The first-order valence-electron chi connectivity index (χ1n) is 9.54. The van der Waals surface area contributed by atoms with Crippen molar-refractivity contribution in [3.63, 3.8) is 0 Å². The van der Waals surface area contributed by atoms with Gasteiger partial charge in [0.15, 0.2) is 0 Å². The number of likely N-dealkylation sites (tertiary alicyclic amines) is 1. The second-order valence-corrected chi connectivity index (χ2v) is 6.96. The van der Waals surface area contributed by atoms with E-state index in [-0.39, 0.29) is 18.3 Å². The Kier molecular flexibility index (Phi) is 7.03. The summed E-state index contributed by atoms with van der Waals surface area (Å²) in [5.41, 5.74) is 4.52. The van der Waals surface area contributed by atoms with Gasteiger partial charge in [0.2, 0.25) is 6.41 Å². The highest BCUT2D eigenvalue weighted by Crippen LogP contribution is 2.30. The molecule has 150 valence electrons. The summed E-state index contributed by atoms with van der Waals surface area (Å²) < 4.78 is 12.0. The van der Waals surface area contributed by atoms with Crippen LogP contribution >= 0.6 is 0 Å². The van der Waals surface area contributed by atoms with Gasteiger partial charge in [-0.3, -0.25) is 14.8 Å². The topological polar surface area (TPSA) is 66.3 Å². The number of aliphatic hydroxyl groups excluding tert-OH is 1. The Labute approximate surface area is 169 Å². The Bertz CT molecular complexity index is 912. The molecule has 1 fully saturated rings. The van der Waals surface area contributed by atoms with Gasteiger partial charge in [-0.05, 0) is 37.1 Å². The van der Waals surface area contributed by atoms with Gasteiger partial charge in [0.05, 0.1) is 24.2 Å². The zero-order chi connectivity index (χ0) is 20.6. The molecule has 1 aliphatic heterocycles. The lowest BCUT2D eigenvalue weighted by atomic mass is 9.96. The molecule has 1 aliphatic rings. The largest absolute Gasteiger partial charge is 0.390 e. The predicted octanol–water partition coefficient (Wildman–Crippen LogP) is 3.72. The molecule has 1 unspecified atom stereocenters. The molecule has 3 aromatic rings. The predicted molar refractivity (Wildman–Crippen MR) is 110 cm³/mol. The number of amides is 1. The molecule has 5 nitrogen and oxygen atoms in total. The number of carbonyl (C=O) groups is 1. The second kappa shape index (κ2) is 9.89. The quantitative estimate of drug-likeness (QED) is 0.686. The first-order valence-corrected chi connectivity index (χ1v) is 9.54.